The van der Waals surface area contributed by atoms with E-state index in [2.05, 4.69) is 21.5 Å². The van der Waals surface area contributed by atoms with Crippen molar-refractivity contribution in [3.63, 3.8) is 0 Å². The number of anilines is 2. The summed E-state index contributed by atoms with van der Waals surface area (Å²) in [5, 5.41) is 17.8. The molecule has 47 heavy (non-hydrogen) atoms. The number of hydrogen-bond acceptors (Lipinski definition) is 7. The zero-order chi connectivity index (χ0) is 32.8. The molecule has 2 amide bonds. The van der Waals surface area contributed by atoms with Gasteiger partial charge in [0.15, 0.2) is 5.82 Å². The lowest BCUT2D eigenvalue weighted by Crippen LogP contribution is -2.40. The van der Waals surface area contributed by atoms with Crippen LogP contribution in [0.3, 0.4) is 0 Å². The Bertz CT molecular complexity index is 2020. The number of benzene rings is 2. The van der Waals surface area contributed by atoms with E-state index in [0.717, 1.165) is 29.7 Å². The number of rotatable bonds is 6. The van der Waals surface area contributed by atoms with Crippen LogP contribution in [0.4, 0.5) is 11.5 Å². The normalized spacial score (nSPS) is 16.9. The molecule has 0 saturated carbocycles. The van der Waals surface area contributed by atoms with E-state index in [-0.39, 0.29) is 29.9 Å². The number of amides is 2. The highest BCUT2D eigenvalue weighted by molar-refractivity contribution is 6.05. The molecule has 1 saturated heterocycles. The number of nitrogens with one attached hydrogen (secondary N) is 1. The molecule has 12 heteroatoms. The number of aliphatic hydroxyl groups is 1. The third-order valence-electron chi connectivity index (χ3n) is 9.36. The number of likely N-dealkylation sites (tertiary alicyclic amines) is 1. The van der Waals surface area contributed by atoms with E-state index in [0.29, 0.717) is 54.3 Å². The molecular formula is C35H38N8O4. The van der Waals surface area contributed by atoms with Crippen molar-refractivity contribution < 1.29 is 14.7 Å². The van der Waals surface area contributed by atoms with Crippen molar-refractivity contribution >= 4 is 28.8 Å². The van der Waals surface area contributed by atoms with Crippen LogP contribution >= 0.6 is 0 Å². The minimum atomic E-state index is -0.597. The summed E-state index contributed by atoms with van der Waals surface area (Å²) >= 11 is 0. The van der Waals surface area contributed by atoms with E-state index >= 15 is 0 Å². The van der Waals surface area contributed by atoms with Crippen LogP contribution in [0, 0.1) is 5.92 Å². The number of nitrogen functional groups attached to an aromatic ring is 1. The van der Waals surface area contributed by atoms with Gasteiger partial charge in [0.1, 0.15) is 17.4 Å². The summed E-state index contributed by atoms with van der Waals surface area (Å²) in [5.41, 5.74) is 11.3. The molecule has 5 aromatic rings. The topological polar surface area (TPSA) is 153 Å². The van der Waals surface area contributed by atoms with Gasteiger partial charge in [-0.25, -0.2) is 14.2 Å². The van der Waals surface area contributed by atoms with E-state index in [9.17, 15) is 19.5 Å². The summed E-state index contributed by atoms with van der Waals surface area (Å²) in [7, 11) is 0. The fourth-order valence-electron chi connectivity index (χ4n) is 6.97. The molecule has 2 aromatic carbocycles. The average Bonchev–Trinajstić information content (AvgIpc) is 3.61. The molecule has 0 spiro atoms. The Morgan fingerprint density at radius 1 is 1.02 bits per heavy atom. The minimum absolute atomic E-state index is 0.0245. The summed E-state index contributed by atoms with van der Waals surface area (Å²) in [6.45, 7) is 5.48. The van der Waals surface area contributed by atoms with Gasteiger partial charge >= 0.3 is 0 Å². The van der Waals surface area contributed by atoms with Gasteiger partial charge in [-0.05, 0) is 61.6 Å². The molecule has 0 radical (unpaired) electrons. The Hall–Kier alpha value is -5.23. The van der Waals surface area contributed by atoms with Gasteiger partial charge in [0.25, 0.3) is 11.5 Å². The number of nitrogens with zero attached hydrogens (tertiary/aromatic N) is 6. The number of para-hydroxylation sites is 1. The molecule has 1 fully saturated rings. The lowest BCUT2D eigenvalue weighted by molar-refractivity contribution is -0.135. The van der Waals surface area contributed by atoms with Crippen molar-refractivity contribution in [2.45, 2.75) is 58.1 Å². The van der Waals surface area contributed by atoms with E-state index in [1.54, 1.807) is 16.8 Å². The average molecular weight is 635 g/mol. The maximum atomic E-state index is 13.7. The molecule has 4 N–H and O–H groups in total. The molecule has 3 aromatic heterocycles. The third-order valence-corrected chi connectivity index (χ3v) is 9.36. The summed E-state index contributed by atoms with van der Waals surface area (Å²) in [4.78, 5) is 46.0. The minimum Gasteiger partial charge on any atom is -0.391 e. The zero-order valence-corrected chi connectivity index (χ0v) is 26.5. The molecule has 0 bridgehead atoms. The zero-order valence-electron chi connectivity index (χ0n) is 26.5. The van der Waals surface area contributed by atoms with Gasteiger partial charge in [-0.3, -0.25) is 19.1 Å². The van der Waals surface area contributed by atoms with Crippen LogP contribution < -0.4 is 16.6 Å². The third kappa shape index (κ3) is 5.48. The van der Waals surface area contributed by atoms with Crippen molar-refractivity contribution in [3.8, 4) is 16.8 Å². The number of hydrogen-bond donors (Lipinski definition) is 3. The predicted octanol–water partition coefficient (Wildman–Crippen LogP) is 3.85. The SMILES string of the molecule is CC(C)C(=O)N1CCC(c2cc(-c3ccc(NC(=O)c4c5n(n(-c6ccccc6)c4=O)CC(O)CC5)cc3)c3c(N)ncnn23)CC1. The molecule has 0 aliphatic carbocycles. The first kappa shape index (κ1) is 30.4. The summed E-state index contributed by atoms with van der Waals surface area (Å²) in [6.07, 6.45) is 3.40. The van der Waals surface area contributed by atoms with Crippen LogP contribution in [0.5, 0.6) is 0 Å². The molecule has 242 valence electrons. The van der Waals surface area contributed by atoms with E-state index in [1.807, 2.05) is 65.7 Å². The lowest BCUT2D eigenvalue weighted by Gasteiger charge is -2.33. The molecule has 7 rings (SSSR count). The largest absolute Gasteiger partial charge is 0.391 e. The number of carbonyl (C=O) groups is 2. The number of nitrogens with two attached hydrogens (primary N) is 1. The molecule has 5 heterocycles. The molecular weight excluding hydrogens is 596 g/mol. The van der Waals surface area contributed by atoms with Crippen molar-refractivity contribution in [2.75, 3.05) is 24.1 Å². The summed E-state index contributed by atoms with van der Waals surface area (Å²) in [6, 6.07) is 18.6. The van der Waals surface area contributed by atoms with Crippen molar-refractivity contribution in [1.29, 1.82) is 0 Å². The van der Waals surface area contributed by atoms with Gasteiger partial charge in [-0.1, -0.05) is 44.2 Å². The molecule has 12 nitrogen and oxygen atoms in total. The monoisotopic (exact) mass is 634 g/mol. The Labute approximate surface area is 271 Å². The van der Waals surface area contributed by atoms with Crippen LogP contribution in [0.25, 0.3) is 22.3 Å². The first-order valence-corrected chi connectivity index (χ1v) is 16.1. The maximum Gasteiger partial charge on any atom is 0.284 e. The van der Waals surface area contributed by atoms with Gasteiger partial charge in [0, 0.05) is 41.9 Å². The Balaban J connectivity index is 1.16. The van der Waals surface area contributed by atoms with E-state index in [4.69, 9.17) is 5.73 Å². The quantitative estimate of drug-likeness (QED) is 0.257. The molecule has 1 unspecified atom stereocenters. The van der Waals surface area contributed by atoms with E-state index < -0.39 is 17.6 Å². The fourth-order valence-corrected chi connectivity index (χ4v) is 6.97. The van der Waals surface area contributed by atoms with Crippen molar-refractivity contribution in [1.82, 2.24) is 28.9 Å². The second kappa shape index (κ2) is 12.2. The number of aromatic nitrogens is 5. The lowest BCUT2D eigenvalue weighted by atomic mass is 9.92. The number of fused-ring (bicyclic) bond motifs is 2. The van der Waals surface area contributed by atoms with Gasteiger partial charge < -0.3 is 21.1 Å². The van der Waals surface area contributed by atoms with Crippen molar-refractivity contribution in [3.05, 3.63) is 94.3 Å². The Morgan fingerprint density at radius 2 is 1.74 bits per heavy atom. The van der Waals surface area contributed by atoms with Gasteiger partial charge in [0.05, 0.1) is 24.0 Å². The first-order valence-electron chi connectivity index (χ1n) is 16.1. The second-order valence-corrected chi connectivity index (χ2v) is 12.7. The first-order chi connectivity index (χ1) is 22.7. The maximum absolute atomic E-state index is 13.7. The van der Waals surface area contributed by atoms with Crippen LogP contribution in [-0.2, 0) is 17.8 Å². The van der Waals surface area contributed by atoms with Crippen LogP contribution in [-0.4, -0.2) is 65.0 Å². The van der Waals surface area contributed by atoms with Crippen LogP contribution in [0.2, 0.25) is 0 Å². The Kier molecular flexibility index (Phi) is 7.88. The second-order valence-electron chi connectivity index (χ2n) is 12.7. The smallest absolute Gasteiger partial charge is 0.284 e. The highest BCUT2D eigenvalue weighted by Gasteiger charge is 2.31. The van der Waals surface area contributed by atoms with Gasteiger partial charge in [-0.15, -0.1) is 0 Å². The predicted molar refractivity (Wildman–Crippen MR) is 179 cm³/mol. The highest BCUT2D eigenvalue weighted by Crippen LogP contribution is 2.37. The molecule has 2 aliphatic heterocycles. The summed E-state index contributed by atoms with van der Waals surface area (Å²) in [5.74, 6) is 0.234. The number of carbonyl (C=O) groups excluding carboxylic acids is 2. The summed E-state index contributed by atoms with van der Waals surface area (Å²) < 4.78 is 5.06. The van der Waals surface area contributed by atoms with Crippen LogP contribution in [0.15, 0.2) is 71.8 Å². The van der Waals surface area contributed by atoms with Crippen molar-refractivity contribution in [2.24, 2.45) is 5.92 Å². The van der Waals surface area contributed by atoms with E-state index in [1.165, 1.54) is 11.0 Å². The standard InChI is InChI=1S/C35H38N8O4/c1-21(2)34(46)40-16-14-23(15-17-40)29-18-27(31-32(36)37-20-38-42(29)31)22-8-10-24(11-9-22)39-33(45)30-28-13-12-26(44)19-41(28)43(35(30)47)25-6-4-3-5-7-25/h3-11,18,20-21,23,26,44H,12-17,19H2,1-2H3,(H,39,45)(H2,36,37,38). The molecule has 2 aliphatic rings. The molecule has 1 atom stereocenters. The number of aliphatic hydroxyl groups excluding tert-OH is 1. The Morgan fingerprint density at radius 3 is 2.45 bits per heavy atom. The van der Waals surface area contributed by atoms with Gasteiger partial charge in [-0.2, -0.15) is 5.10 Å². The van der Waals surface area contributed by atoms with Crippen LogP contribution in [0.1, 0.15) is 60.8 Å². The fraction of sp³-hybridized carbons (Fsp3) is 0.343. The number of piperidine rings is 1. The van der Waals surface area contributed by atoms with Gasteiger partial charge in [0.2, 0.25) is 5.91 Å². The highest BCUT2D eigenvalue weighted by atomic mass is 16.3.